The van der Waals surface area contributed by atoms with Crippen LogP contribution >= 0.6 is 0 Å². The molecular formula is C50H95NO3. The second-order valence-corrected chi connectivity index (χ2v) is 16.5. The number of rotatable bonds is 44. The molecule has 0 saturated heterocycles. The summed E-state index contributed by atoms with van der Waals surface area (Å²) in [5, 5.41) is 22.9. The van der Waals surface area contributed by atoms with Crippen LogP contribution < -0.4 is 5.32 Å². The average molecular weight is 758 g/mol. The van der Waals surface area contributed by atoms with E-state index in [1.165, 1.54) is 199 Å². The van der Waals surface area contributed by atoms with Crippen molar-refractivity contribution in [1.29, 1.82) is 0 Å². The van der Waals surface area contributed by atoms with E-state index in [1.807, 2.05) is 6.08 Å². The Labute approximate surface area is 338 Å². The van der Waals surface area contributed by atoms with E-state index in [0.717, 1.165) is 38.5 Å². The Morgan fingerprint density at radius 2 is 0.722 bits per heavy atom. The van der Waals surface area contributed by atoms with Gasteiger partial charge in [-0.15, -0.1) is 0 Å². The monoisotopic (exact) mass is 758 g/mol. The molecule has 4 heteroatoms. The Hall–Kier alpha value is -1.39. The lowest BCUT2D eigenvalue weighted by molar-refractivity contribution is -0.123. The minimum atomic E-state index is -0.866. The van der Waals surface area contributed by atoms with Crippen LogP contribution in [0.25, 0.3) is 0 Å². The van der Waals surface area contributed by atoms with Gasteiger partial charge in [-0.2, -0.15) is 0 Å². The van der Waals surface area contributed by atoms with Crippen molar-refractivity contribution < 1.29 is 15.0 Å². The van der Waals surface area contributed by atoms with E-state index >= 15 is 0 Å². The number of nitrogens with one attached hydrogen (secondary N) is 1. The zero-order valence-electron chi connectivity index (χ0n) is 36.5. The normalized spacial score (nSPS) is 13.2. The highest BCUT2D eigenvalue weighted by atomic mass is 16.3. The molecule has 0 aliphatic rings. The highest BCUT2D eigenvalue weighted by molar-refractivity contribution is 5.76. The first-order valence-electron chi connectivity index (χ1n) is 24.2. The molecule has 54 heavy (non-hydrogen) atoms. The predicted octanol–water partition coefficient (Wildman–Crippen LogP) is 15.4. The van der Waals surface area contributed by atoms with Gasteiger partial charge in [0.2, 0.25) is 5.91 Å². The fraction of sp³-hybridized carbons (Fsp3) is 0.860. The highest BCUT2D eigenvalue weighted by Gasteiger charge is 2.17. The van der Waals surface area contributed by atoms with Crippen LogP contribution in [-0.2, 0) is 4.79 Å². The standard InChI is InChI=1S/C50H95NO3/c1-3-5-7-9-11-13-15-17-18-19-20-21-22-23-24-25-26-27-28-29-30-31-32-33-34-36-38-40-42-44-46-50(54)51-48(47-52)49(53)45-43-41-39-37-35-16-14-12-10-8-6-4-2/h10,12,35,37,43,45,48-49,52-53H,3-9,11,13-34,36,38-42,44,46-47H2,1-2H3,(H,51,54)/b12-10+,37-35+,45-43+. The summed E-state index contributed by atoms with van der Waals surface area (Å²) < 4.78 is 0. The summed E-state index contributed by atoms with van der Waals surface area (Å²) in [7, 11) is 0. The third-order valence-corrected chi connectivity index (χ3v) is 11.1. The number of aliphatic hydroxyl groups is 2. The molecule has 0 rings (SSSR count). The zero-order chi connectivity index (χ0) is 39.3. The summed E-state index contributed by atoms with van der Waals surface area (Å²) in [6, 6.07) is -0.641. The smallest absolute Gasteiger partial charge is 0.220 e. The van der Waals surface area contributed by atoms with E-state index < -0.39 is 12.1 Å². The molecule has 0 spiro atoms. The molecule has 2 atom stereocenters. The van der Waals surface area contributed by atoms with Crippen molar-refractivity contribution >= 4 is 5.91 Å². The maximum Gasteiger partial charge on any atom is 0.220 e. The minimum Gasteiger partial charge on any atom is -0.394 e. The van der Waals surface area contributed by atoms with Gasteiger partial charge in [0.15, 0.2) is 0 Å². The van der Waals surface area contributed by atoms with Crippen LogP contribution in [0.1, 0.15) is 258 Å². The van der Waals surface area contributed by atoms with Crippen LogP contribution in [0, 0.1) is 0 Å². The van der Waals surface area contributed by atoms with Crippen LogP contribution in [0.15, 0.2) is 36.5 Å². The van der Waals surface area contributed by atoms with E-state index in [0.29, 0.717) is 6.42 Å². The lowest BCUT2D eigenvalue weighted by Gasteiger charge is -2.19. The van der Waals surface area contributed by atoms with Crippen molar-refractivity contribution in [2.45, 2.75) is 270 Å². The SMILES string of the molecule is CCCC/C=C/CC/C=C/CC/C=C/C(O)C(CO)NC(=O)CCCCCCCCCCCCCCCCCCCCCCCCCCCCCCCC. The van der Waals surface area contributed by atoms with Gasteiger partial charge in [0.1, 0.15) is 0 Å². The molecule has 318 valence electrons. The van der Waals surface area contributed by atoms with Crippen LogP contribution in [0.5, 0.6) is 0 Å². The van der Waals surface area contributed by atoms with E-state index in [9.17, 15) is 15.0 Å². The van der Waals surface area contributed by atoms with Crippen molar-refractivity contribution in [3.8, 4) is 0 Å². The summed E-state index contributed by atoms with van der Waals surface area (Å²) in [5.41, 5.74) is 0. The molecule has 4 nitrogen and oxygen atoms in total. The van der Waals surface area contributed by atoms with Gasteiger partial charge < -0.3 is 15.5 Å². The van der Waals surface area contributed by atoms with Crippen LogP contribution in [0.3, 0.4) is 0 Å². The number of allylic oxidation sites excluding steroid dienone is 5. The molecule has 0 radical (unpaired) electrons. The van der Waals surface area contributed by atoms with Gasteiger partial charge in [-0.1, -0.05) is 249 Å². The number of amides is 1. The Kier molecular flexibility index (Phi) is 44.8. The first-order chi connectivity index (χ1) is 26.7. The Bertz CT molecular complexity index is 821. The van der Waals surface area contributed by atoms with E-state index in [2.05, 4.69) is 43.5 Å². The second-order valence-electron chi connectivity index (χ2n) is 16.5. The van der Waals surface area contributed by atoms with E-state index in [4.69, 9.17) is 0 Å². The van der Waals surface area contributed by atoms with Crippen molar-refractivity contribution in [1.82, 2.24) is 5.32 Å². The summed E-state index contributed by atoms with van der Waals surface area (Å²) in [6.45, 7) is 4.26. The second kappa shape index (κ2) is 46.0. The molecule has 0 aliphatic heterocycles. The summed E-state index contributed by atoms with van der Waals surface area (Å²) in [4.78, 5) is 12.4. The fourth-order valence-electron chi connectivity index (χ4n) is 7.37. The lowest BCUT2D eigenvalue weighted by Crippen LogP contribution is -2.45. The quantitative estimate of drug-likeness (QED) is 0.0428. The van der Waals surface area contributed by atoms with Crippen molar-refractivity contribution in [3.63, 3.8) is 0 Å². The molecule has 0 heterocycles. The Balaban J connectivity index is 3.44. The molecule has 1 amide bonds. The van der Waals surface area contributed by atoms with Crippen molar-refractivity contribution in [2.24, 2.45) is 0 Å². The highest BCUT2D eigenvalue weighted by Crippen LogP contribution is 2.17. The molecule has 0 fully saturated rings. The third kappa shape index (κ3) is 41.8. The fourth-order valence-corrected chi connectivity index (χ4v) is 7.37. The summed E-state index contributed by atoms with van der Waals surface area (Å²) in [5.74, 6) is -0.0756. The summed E-state index contributed by atoms with van der Waals surface area (Å²) in [6.07, 6.45) is 61.5. The minimum absolute atomic E-state index is 0.0756. The van der Waals surface area contributed by atoms with Gasteiger partial charge in [0.05, 0.1) is 18.8 Å². The van der Waals surface area contributed by atoms with Crippen LogP contribution in [-0.4, -0.2) is 34.9 Å². The van der Waals surface area contributed by atoms with E-state index in [1.54, 1.807) is 6.08 Å². The number of hydrogen-bond acceptors (Lipinski definition) is 3. The molecule has 3 N–H and O–H groups in total. The third-order valence-electron chi connectivity index (χ3n) is 11.1. The van der Waals surface area contributed by atoms with Gasteiger partial charge in [0.25, 0.3) is 0 Å². The first-order valence-corrected chi connectivity index (χ1v) is 24.2. The maximum atomic E-state index is 12.4. The van der Waals surface area contributed by atoms with Gasteiger partial charge >= 0.3 is 0 Å². The molecular weight excluding hydrogens is 663 g/mol. The molecule has 0 bridgehead atoms. The molecule has 0 aromatic rings. The number of hydrogen-bond donors (Lipinski definition) is 3. The number of carbonyl (C=O) groups excluding carboxylic acids is 1. The summed E-state index contributed by atoms with van der Waals surface area (Å²) >= 11 is 0. The predicted molar refractivity (Wildman–Crippen MR) is 239 cm³/mol. The van der Waals surface area contributed by atoms with E-state index in [-0.39, 0.29) is 12.5 Å². The van der Waals surface area contributed by atoms with Crippen LogP contribution in [0.4, 0.5) is 0 Å². The zero-order valence-corrected chi connectivity index (χ0v) is 36.5. The topological polar surface area (TPSA) is 69.6 Å². The average Bonchev–Trinajstić information content (AvgIpc) is 3.18. The number of carbonyl (C=O) groups is 1. The van der Waals surface area contributed by atoms with Crippen LogP contribution in [0.2, 0.25) is 0 Å². The first kappa shape index (κ1) is 52.6. The van der Waals surface area contributed by atoms with Gasteiger partial charge in [-0.05, 0) is 38.5 Å². The Morgan fingerprint density at radius 1 is 0.426 bits per heavy atom. The molecule has 0 saturated carbocycles. The largest absolute Gasteiger partial charge is 0.394 e. The number of unbranched alkanes of at least 4 members (excludes halogenated alkanes) is 33. The van der Waals surface area contributed by atoms with Crippen molar-refractivity contribution in [3.05, 3.63) is 36.5 Å². The Morgan fingerprint density at radius 3 is 1.06 bits per heavy atom. The van der Waals surface area contributed by atoms with Gasteiger partial charge in [-0.25, -0.2) is 0 Å². The number of aliphatic hydroxyl groups excluding tert-OH is 2. The lowest BCUT2D eigenvalue weighted by atomic mass is 10.0. The van der Waals surface area contributed by atoms with Crippen molar-refractivity contribution in [2.75, 3.05) is 6.61 Å². The molecule has 0 aromatic carbocycles. The van der Waals surface area contributed by atoms with Gasteiger partial charge in [0, 0.05) is 6.42 Å². The van der Waals surface area contributed by atoms with Gasteiger partial charge in [-0.3, -0.25) is 4.79 Å². The molecule has 0 aromatic heterocycles. The maximum absolute atomic E-state index is 12.4. The molecule has 0 aliphatic carbocycles. The molecule has 2 unspecified atom stereocenters.